The summed E-state index contributed by atoms with van der Waals surface area (Å²) < 4.78 is 16.2. The summed E-state index contributed by atoms with van der Waals surface area (Å²) in [5.41, 5.74) is 3.74. The summed E-state index contributed by atoms with van der Waals surface area (Å²) in [6, 6.07) is 1.52. The highest BCUT2D eigenvalue weighted by atomic mass is 19.1. The molecule has 5 rings (SSSR count). The Morgan fingerprint density at radius 3 is 2.96 bits per heavy atom. The van der Waals surface area contributed by atoms with Crippen LogP contribution in [-0.2, 0) is 6.42 Å². The lowest BCUT2D eigenvalue weighted by molar-refractivity contribution is 0.309. The summed E-state index contributed by atoms with van der Waals surface area (Å²) in [7, 11) is 0. The number of nitrogens with one attached hydrogen (secondary N) is 1. The number of H-pyrrole nitrogens is 1. The van der Waals surface area contributed by atoms with Crippen LogP contribution < -0.4 is 0 Å². The molecule has 25 heavy (non-hydrogen) atoms. The Morgan fingerprint density at radius 1 is 1.28 bits per heavy atom. The van der Waals surface area contributed by atoms with Crippen molar-refractivity contribution in [1.29, 1.82) is 0 Å². The van der Waals surface area contributed by atoms with Gasteiger partial charge < -0.3 is 9.38 Å². The van der Waals surface area contributed by atoms with Gasteiger partial charge in [-0.2, -0.15) is 0 Å². The molecule has 0 spiro atoms. The van der Waals surface area contributed by atoms with Gasteiger partial charge in [0.25, 0.3) is 0 Å². The van der Waals surface area contributed by atoms with E-state index < -0.39 is 0 Å². The van der Waals surface area contributed by atoms with E-state index >= 15 is 0 Å². The summed E-state index contributed by atoms with van der Waals surface area (Å²) in [4.78, 5) is 16.5. The molecule has 0 atom stereocenters. The highest BCUT2D eigenvalue weighted by Gasteiger charge is 2.20. The van der Waals surface area contributed by atoms with E-state index in [4.69, 9.17) is 0 Å². The topological polar surface area (TPSA) is 58.9 Å². The van der Waals surface area contributed by atoms with E-state index in [9.17, 15) is 4.39 Å². The standard InChI is InChI=1S/C19H18FN5/c1-11-7-23-19-16(20)6-13(10-25(11)19)14-8-22-18-15(14)9-21-17(24-18)5-12-3-2-4-12/h6-10,12H,2-5H2,1H3,(H,21,22,24). The molecule has 4 aromatic rings. The lowest BCUT2D eigenvalue weighted by Gasteiger charge is -2.24. The zero-order valence-electron chi connectivity index (χ0n) is 14.0. The molecule has 4 aromatic heterocycles. The second-order valence-electron chi connectivity index (χ2n) is 6.92. The van der Waals surface area contributed by atoms with Crippen LogP contribution in [0.4, 0.5) is 4.39 Å². The third kappa shape index (κ3) is 2.32. The van der Waals surface area contributed by atoms with Crippen molar-refractivity contribution in [3.05, 3.63) is 48.2 Å². The number of pyridine rings is 1. The molecule has 0 bridgehead atoms. The molecule has 1 N–H and O–H groups in total. The number of fused-ring (bicyclic) bond motifs is 2. The van der Waals surface area contributed by atoms with Crippen molar-refractivity contribution in [2.45, 2.75) is 32.6 Å². The van der Waals surface area contributed by atoms with Gasteiger partial charge in [-0.25, -0.2) is 19.3 Å². The van der Waals surface area contributed by atoms with Crippen molar-refractivity contribution in [2.75, 3.05) is 0 Å². The summed E-state index contributed by atoms with van der Waals surface area (Å²) in [5, 5.41) is 0.911. The van der Waals surface area contributed by atoms with Gasteiger partial charge >= 0.3 is 0 Å². The van der Waals surface area contributed by atoms with Gasteiger partial charge in [0.05, 0.1) is 0 Å². The summed E-state index contributed by atoms with van der Waals surface area (Å²) in [6.07, 6.45) is 12.1. The molecule has 0 amide bonds. The quantitative estimate of drug-likeness (QED) is 0.614. The fourth-order valence-corrected chi connectivity index (χ4v) is 3.55. The molecule has 0 aliphatic heterocycles. The SMILES string of the molecule is Cc1cnc2c(F)cc(-c3c[nH]c4nc(CC5CCC5)ncc34)cn12. The number of imidazole rings is 1. The van der Waals surface area contributed by atoms with Crippen molar-refractivity contribution < 1.29 is 4.39 Å². The molecule has 1 fully saturated rings. The zero-order chi connectivity index (χ0) is 17.0. The molecule has 4 heterocycles. The Bertz CT molecular complexity index is 1090. The van der Waals surface area contributed by atoms with Crippen LogP contribution in [0.2, 0.25) is 0 Å². The van der Waals surface area contributed by atoms with Gasteiger partial charge in [0.1, 0.15) is 11.5 Å². The molecule has 126 valence electrons. The third-order valence-corrected chi connectivity index (χ3v) is 5.23. The number of aryl methyl sites for hydroxylation is 1. The zero-order valence-corrected chi connectivity index (χ0v) is 14.0. The minimum atomic E-state index is -0.331. The maximum Gasteiger partial charge on any atom is 0.173 e. The summed E-state index contributed by atoms with van der Waals surface area (Å²) >= 11 is 0. The van der Waals surface area contributed by atoms with Crippen LogP contribution in [0.15, 0.2) is 30.9 Å². The van der Waals surface area contributed by atoms with Crippen LogP contribution in [0.1, 0.15) is 30.8 Å². The minimum absolute atomic E-state index is 0.331. The van der Waals surface area contributed by atoms with E-state index in [1.54, 1.807) is 10.6 Å². The molecule has 5 nitrogen and oxygen atoms in total. The maximum atomic E-state index is 14.4. The average molecular weight is 335 g/mol. The van der Waals surface area contributed by atoms with Crippen molar-refractivity contribution in [2.24, 2.45) is 5.92 Å². The number of aromatic nitrogens is 5. The highest BCUT2D eigenvalue weighted by molar-refractivity contribution is 5.93. The van der Waals surface area contributed by atoms with Gasteiger partial charge in [0.15, 0.2) is 11.5 Å². The number of aromatic amines is 1. The molecule has 6 heteroatoms. The van der Waals surface area contributed by atoms with Gasteiger partial charge in [-0.15, -0.1) is 0 Å². The van der Waals surface area contributed by atoms with Crippen molar-refractivity contribution in [3.63, 3.8) is 0 Å². The van der Waals surface area contributed by atoms with Gasteiger partial charge in [-0.1, -0.05) is 19.3 Å². The Hall–Kier alpha value is -2.76. The van der Waals surface area contributed by atoms with E-state index in [-0.39, 0.29) is 5.82 Å². The Kier molecular flexibility index (Phi) is 3.13. The van der Waals surface area contributed by atoms with Crippen LogP contribution in [0, 0.1) is 18.7 Å². The first-order chi connectivity index (χ1) is 12.2. The van der Waals surface area contributed by atoms with Crippen LogP contribution >= 0.6 is 0 Å². The lowest BCUT2D eigenvalue weighted by Crippen LogP contribution is -2.15. The molecule has 1 saturated carbocycles. The smallest absolute Gasteiger partial charge is 0.173 e. The Labute approximate surface area is 144 Å². The molecule has 0 radical (unpaired) electrons. The van der Waals surface area contributed by atoms with E-state index in [1.807, 2.05) is 25.5 Å². The second kappa shape index (κ2) is 5.37. The fraction of sp³-hybridized carbons (Fsp3) is 0.316. The van der Waals surface area contributed by atoms with Crippen LogP contribution in [0.5, 0.6) is 0 Å². The van der Waals surface area contributed by atoms with E-state index in [1.165, 1.54) is 25.3 Å². The first-order valence-corrected chi connectivity index (χ1v) is 8.65. The molecule has 0 saturated heterocycles. The summed E-state index contributed by atoms with van der Waals surface area (Å²) in [6.45, 7) is 1.91. The Morgan fingerprint density at radius 2 is 2.16 bits per heavy atom. The fourth-order valence-electron chi connectivity index (χ4n) is 3.55. The van der Waals surface area contributed by atoms with Gasteiger partial charge in [-0.05, 0) is 18.9 Å². The predicted molar refractivity (Wildman–Crippen MR) is 93.8 cm³/mol. The van der Waals surface area contributed by atoms with Crippen LogP contribution in [0.25, 0.3) is 27.8 Å². The molecule has 0 unspecified atom stereocenters. The number of hydrogen-bond acceptors (Lipinski definition) is 3. The van der Waals surface area contributed by atoms with Crippen molar-refractivity contribution >= 4 is 16.7 Å². The first kappa shape index (κ1) is 14.6. The number of nitrogens with zero attached hydrogens (tertiary/aromatic N) is 4. The first-order valence-electron chi connectivity index (χ1n) is 8.65. The molecule has 0 aromatic carbocycles. The summed E-state index contributed by atoms with van der Waals surface area (Å²) in [5.74, 6) is 1.28. The van der Waals surface area contributed by atoms with E-state index in [2.05, 4.69) is 19.9 Å². The van der Waals surface area contributed by atoms with Crippen molar-refractivity contribution in [1.82, 2.24) is 24.3 Å². The maximum absolute atomic E-state index is 14.4. The largest absolute Gasteiger partial charge is 0.345 e. The van der Waals surface area contributed by atoms with Crippen LogP contribution in [-0.4, -0.2) is 24.3 Å². The number of halogens is 1. The van der Waals surface area contributed by atoms with E-state index in [0.717, 1.165) is 46.0 Å². The van der Waals surface area contributed by atoms with Gasteiger partial charge in [-0.3, -0.25) is 0 Å². The normalized spacial score (nSPS) is 15.1. The molecule has 1 aliphatic rings. The average Bonchev–Trinajstić information content (AvgIpc) is 3.15. The molecule has 1 aliphatic carbocycles. The predicted octanol–water partition coefficient (Wildman–Crippen LogP) is 4.06. The van der Waals surface area contributed by atoms with Gasteiger partial charge in [0, 0.05) is 53.4 Å². The molecular formula is C19H18FN5. The number of hydrogen-bond donors (Lipinski definition) is 1. The monoisotopic (exact) mass is 335 g/mol. The van der Waals surface area contributed by atoms with E-state index in [0.29, 0.717) is 5.65 Å². The second-order valence-corrected chi connectivity index (χ2v) is 6.92. The third-order valence-electron chi connectivity index (χ3n) is 5.23. The lowest BCUT2D eigenvalue weighted by atomic mass is 9.83. The number of rotatable bonds is 3. The molecular weight excluding hydrogens is 317 g/mol. The van der Waals surface area contributed by atoms with Crippen LogP contribution in [0.3, 0.4) is 0 Å². The van der Waals surface area contributed by atoms with Gasteiger partial charge in [0.2, 0.25) is 0 Å². The van der Waals surface area contributed by atoms with Crippen molar-refractivity contribution in [3.8, 4) is 11.1 Å². The minimum Gasteiger partial charge on any atom is -0.345 e. The highest BCUT2D eigenvalue weighted by Crippen LogP contribution is 2.31. The Balaban J connectivity index is 1.59.